The third kappa shape index (κ3) is 4.90. The molecule has 1 aromatic heterocycles. The van der Waals surface area contributed by atoms with Crippen LogP contribution in [0.1, 0.15) is 46.3 Å². The van der Waals surface area contributed by atoms with E-state index in [0.717, 1.165) is 5.76 Å². The van der Waals surface area contributed by atoms with Crippen LogP contribution in [0, 0.1) is 11.3 Å². The Hall–Kier alpha value is -1.57. The Labute approximate surface area is 116 Å². The first-order chi connectivity index (χ1) is 8.96. The van der Waals surface area contributed by atoms with Crippen LogP contribution < -0.4 is 0 Å². The van der Waals surface area contributed by atoms with Crippen molar-refractivity contribution in [3.63, 3.8) is 0 Å². The zero-order valence-corrected chi connectivity index (χ0v) is 12.6. The van der Waals surface area contributed by atoms with Crippen LogP contribution >= 0.6 is 0 Å². The fourth-order valence-corrected chi connectivity index (χ4v) is 1.57. The maximum Gasteiger partial charge on any atom is 0.106 e. The van der Waals surface area contributed by atoms with Crippen LogP contribution in [0.5, 0.6) is 0 Å². The molecule has 0 radical (unpaired) electrons. The van der Waals surface area contributed by atoms with Crippen LogP contribution in [-0.2, 0) is 0 Å². The summed E-state index contributed by atoms with van der Waals surface area (Å²) in [6, 6.07) is 3.90. The van der Waals surface area contributed by atoms with E-state index in [2.05, 4.69) is 51.8 Å². The van der Waals surface area contributed by atoms with Gasteiger partial charge in [-0.15, -0.1) is 0 Å². The number of hydrogen-bond donors (Lipinski definition) is 0. The van der Waals surface area contributed by atoms with E-state index in [1.54, 1.807) is 6.26 Å². The van der Waals surface area contributed by atoms with Crippen molar-refractivity contribution in [2.75, 3.05) is 0 Å². The van der Waals surface area contributed by atoms with E-state index < -0.39 is 0 Å². The highest BCUT2D eigenvalue weighted by molar-refractivity contribution is 5.69. The van der Waals surface area contributed by atoms with Crippen LogP contribution in [0.4, 0.5) is 0 Å². The van der Waals surface area contributed by atoms with Gasteiger partial charge in [-0.2, -0.15) is 0 Å². The van der Waals surface area contributed by atoms with Crippen LogP contribution in [0.15, 0.2) is 52.2 Å². The van der Waals surface area contributed by atoms with Gasteiger partial charge >= 0.3 is 0 Å². The Balaban J connectivity index is 0.000000200. The van der Waals surface area contributed by atoms with Crippen molar-refractivity contribution < 1.29 is 4.42 Å². The standard InChI is InChI=1S/C10H15N.C7H10O/c1-9(2)10(3)6-4-5-7-11-8-10;1-6(2)7-4-3-5-8-7/h4-9H,1-3H3;3-6H,1-2H3. The minimum atomic E-state index is 0.128. The first-order valence-electron chi connectivity index (χ1n) is 6.88. The number of rotatable bonds is 2. The maximum atomic E-state index is 5.09. The molecule has 2 rings (SSSR count). The van der Waals surface area contributed by atoms with Crippen LogP contribution in [0.3, 0.4) is 0 Å². The second-order valence-corrected chi connectivity index (χ2v) is 5.67. The Morgan fingerprint density at radius 2 is 1.89 bits per heavy atom. The fraction of sp³-hybridized carbons (Fsp3) is 0.471. The lowest BCUT2D eigenvalue weighted by Gasteiger charge is -2.24. The quantitative estimate of drug-likeness (QED) is 0.716. The van der Waals surface area contributed by atoms with Crippen molar-refractivity contribution in [1.29, 1.82) is 0 Å². The highest BCUT2D eigenvalue weighted by Gasteiger charge is 2.22. The van der Waals surface area contributed by atoms with Gasteiger partial charge in [0.05, 0.1) is 6.26 Å². The van der Waals surface area contributed by atoms with Crippen molar-refractivity contribution in [3.8, 4) is 0 Å². The Kier molecular flexibility index (Phi) is 5.81. The summed E-state index contributed by atoms with van der Waals surface area (Å²) in [5, 5.41) is 0. The molecule has 1 unspecified atom stereocenters. The Morgan fingerprint density at radius 3 is 2.37 bits per heavy atom. The molecule has 0 aliphatic carbocycles. The Morgan fingerprint density at radius 1 is 1.16 bits per heavy atom. The normalized spacial score (nSPS) is 21.4. The topological polar surface area (TPSA) is 25.5 Å². The molecule has 0 fully saturated rings. The highest BCUT2D eigenvalue weighted by Crippen LogP contribution is 2.27. The first kappa shape index (κ1) is 15.5. The van der Waals surface area contributed by atoms with Gasteiger partial charge in [-0.3, -0.25) is 4.99 Å². The largest absolute Gasteiger partial charge is 0.469 e. The number of aliphatic imine (C=N–C) groups is 1. The minimum Gasteiger partial charge on any atom is -0.469 e. The summed E-state index contributed by atoms with van der Waals surface area (Å²) >= 11 is 0. The molecule has 0 aromatic carbocycles. The van der Waals surface area contributed by atoms with Crippen LogP contribution in [0.25, 0.3) is 0 Å². The van der Waals surface area contributed by atoms with E-state index in [1.165, 1.54) is 0 Å². The summed E-state index contributed by atoms with van der Waals surface area (Å²) in [6.45, 7) is 10.8. The molecule has 104 valence electrons. The molecule has 0 N–H and O–H groups in total. The van der Waals surface area contributed by atoms with Crippen LogP contribution in [0.2, 0.25) is 0 Å². The molecular formula is C17H25NO. The number of hydrogen-bond acceptors (Lipinski definition) is 2. The molecule has 2 heterocycles. The zero-order chi connectivity index (χ0) is 14.3. The van der Waals surface area contributed by atoms with Gasteiger partial charge < -0.3 is 4.42 Å². The van der Waals surface area contributed by atoms with E-state index in [-0.39, 0.29) is 5.41 Å². The molecule has 1 aliphatic rings. The van der Waals surface area contributed by atoms with E-state index in [4.69, 9.17) is 4.42 Å². The smallest absolute Gasteiger partial charge is 0.106 e. The molecule has 2 nitrogen and oxygen atoms in total. The molecule has 0 amide bonds. The SMILES string of the molecule is CC(C)C1(C)C=CC=CN=C1.CC(C)c1ccco1. The summed E-state index contributed by atoms with van der Waals surface area (Å²) in [7, 11) is 0. The van der Waals surface area contributed by atoms with Crippen LogP contribution in [-0.4, -0.2) is 6.21 Å². The summed E-state index contributed by atoms with van der Waals surface area (Å²) in [6.07, 6.45) is 11.8. The second kappa shape index (κ2) is 7.13. The van der Waals surface area contributed by atoms with Crippen molar-refractivity contribution in [3.05, 3.63) is 48.6 Å². The van der Waals surface area contributed by atoms with Gasteiger partial charge in [-0.1, -0.05) is 46.8 Å². The lowest BCUT2D eigenvalue weighted by molar-refractivity contribution is 0.424. The van der Waals surface area contributed by atoms with Crippen molar-refractivity contribution in [2.24, 2.45) is 16.3 Å². The number of furan rings is 1. The first-order valence-corrected chi connectivity index (χ1v) is 6.88. The summed E-state index contributed by atoms with van der Waals surface area (Å²) in [5.41, 5.74) is 0.128. The third-order valence-corrected chi connectivity index (χ3v) is 3.45. The van der Waals surface area contributed by atoms with Crippen molar-refractivity contribution >= 4 is 6.21 Å². The molecule has 19 heavy (non-hydrogen) atoms. The average Bonchev–Trinajstić information content (AvgIpc) is 2.80. The lowest BCUT2D eigenvalue weighted by atomic mass is 9.80. The second-order valence-electron chi connectivity index (χ2n) is 5.67. The lowest BCUT2D eigenvalue weighted by Crippen LogP contribution is -2.21. The van der Waals surface area contributed by atoms with Gasteiger partial charge in [0.25, 0.3) is 0 Å². The van der Waals surface area contributed by atoms with E-state index >= 15 is 0 Å². The number of nitrogens with zero attached hydrogens (tertiary/aromatic N) is 1. The van der Waals surface area contributed by atoms with Gasteiger partial charge in [0.15, 0.2) is 0 Å². The van der Waals surface area contributed by atoms with Crippen molar-refractivity contribution in [2.45, 2.75) is 40.5 Å². The van der Waals surface area contributed by atoms with Gasteiger partial charge in [-0.25, -0.2) is 0 Å². The predicted molar refractivity (Wildman–Crippen MR) is 82.5 cm³/mol. The maximum absolute atomic E-state index is 5.09. The fourth-order valence-electron chi connectivity index (χ4n) is 1.57. The zero-order valence-electron chi connectivity index (χ0n) is 12.6. The van der Waals surface area contributed by atoms with E-state index in [1.807, 2.05) is 30.6 Å². The molecule has 2 heteroatoms. The Bertz CT molecular complexity index is 420. The molecular weight excluding hydrogens is 234 g/mol. The molecule has 0 bridgehead atoms. The number of allylic oxidation sites excluding steroid dienone is 3. The molecule has 0 saturated carbocycles. The molecule has 1 aliphatic heterocycles. The average molecular weight is 259 g/mol. The van der Waals surface area contributed by atoms with Gasteiger partial charge in [0, 0.05) is 23.7 Å². The monoisotopic (exact) mass is 259 g/mol. The van der Waals surface area contributed by atoms with E-state index in [9.17, 15) is 0 Å². The molecule has 1 aromatic rings. The van der Waals surface area contributed by atoms with Crippen molar-refractivity contribution in [1.82, 2.24) is 0 Å². The summed E-state index contributed by atoms with van der Waals surface area (Å²) in [4.78, 5) is 4.18. The highest BCUT2D eigenvalue weighted by atomic mass is 16.3. The van der Waals surface area contributed by atoms with Gasteiger partial charge in [0.1, 0.15) is 5.76 Å². The van der Waals surface area contributed by atoms with Gasteiger partial charge in [-0.05, 0) is 24.1 Å². The summed E-state index contributed by atoms with van der Waals surface area (Å²) < 4.78 is 5.09. The molecule has 0 spiro atoms. The molecule has 1 atom stereocenters. The summed E-state index contributed by atoms with van der Waals surface area (Å²) in [5.74, 6) is 2.18. The molecule has 0 saturated heterocycles. The van der Waals surface area contributed by atoms with E-state index in [0.29, 0.717) is 11.8 Å². The predicted octanol–water partition coefficient (Wildman–Crippen LogP) is 5.21. The third-order valence-electron chi connectivity index (χ3n) is 3.45. The minimum absolute atomic E-state index is 0.128. The van der Waals surface area contributed by atoms with Gasteiger partial charge in [0.2, 0.25) is 0 Å².